The second-order valence-electron chi connectivity index (χ2n) is 7.00. The number of hydrogen-bond donors (Lipinski definition) is 2. The minimum atomic E-state index is -3.54. The fourth-order valence-electron chi connectivity index (χ4n) is 2.17. The zero-order valence-corrected chi connectivity index (χ0v) is 24.2. The molecule has 0 saturated heterocycles. The largest absolute Gasteiger partial charge is 4.00 e. The van der Waals surface area contributed by atoms with E-state index in [-0.39, 0.29) is 44.6 Å². The Bertz CT molecular complexity index is 1270. The van der Waals surface area contributed by atoms with Crippen LogP contribution in [0.25, 0.3) is 0 Å². The Hall–Kier alpha value is -2.93. The molecule has 0 unspecified atom stereocenters. The van der Waals surface area contributed by atoms with Crippen LogP contribution in [-0.2, 0) is 41.8 Å². The minimum absolute atomic E-state index is 0. The summed E-state index contributed by atoms with van der Waals surface area (Å²) < 4.78 is 98.6. The molecule has 0 aliphatic rings. The van der Waals surface area contributed by atoms with Crippen LogP contribution in [0.5, 0.6) is 0 Å². The molecule has 4 rings (SSSR count). The number of hydrogen-bond acceptors (Lipinski definition) is 4. The van der Waals surface area contributed by atoms with Crippen molar-refractivity contribution >= 4 is 31.4 Å². The van der Waals surface area contributed by atoms with Crippen LogP contribution in [-0.4, -0.2) is 28.3 Å². The van der Waals surface area contributed by atoms with E-state index in [1.54, 1.807) is 12.1 Å². The SMILES string of the molecule is CCS(=O)(=O)Nc1ccc(F)[c-]c1F.CCS(=O)(=O)Nc1ccc(F)[c-]c1F.[Ti+4].c1cc[cH-]c1.c1cc[cH-]c1. The molecule has 6 nitrogen and oxygen atoms in total. The molecule has 0 aromatic heterocycles. The van der Waals surface area contributed by atoms with Gasteiger partial charge in [-0.1, -0.05) is 0 Å². The Morgan fingerprint density at radius 3 is 1.15 bits per heavy atom. The van der Waals surface area contributed by atoms with Gasteiger partial charge < -0.3 is 9.44 Å². The van der Waals surface area contributed by atoms with Crippen molar-refractivity contribution in [3.63, 3.8) is 0 Å². The molecule has 208 valence electrons. The quantitative estimate of drug-likeness (QED) is 0.161. The van der Waals surface area contributed by atoms with E-state index >= 15 is 0 Å². The van der Waals surface area contributed by atoms with Crippen molar-refractivity contribution < 1.29 is 56.1 Å². The second-order valence-corrected chi connectivity index (χ2v) is 11.0. The van der Waals surface area contributed by atoms with Gasteiger partial charge in [0.2, 0.25) is 20.0 Å². The Balaban J connectivity index is 0.000000537. The van der Waals surface area contributed by atoms with Crippen molar-refractivity contribution in [1.29, 1.82) is 0 Å². The fourth-order valence-corrected chi connectivity index (χ4v) is 3.44. The van der Waals surface area contributed by atoms with Crippen LogP contribution in [0.15, 0.2) is 84.9 Å². The summed E-state index contributed by atoms with van der Waals surface area (Å²) in [4.78, 5) is 0. The van der Waals surface area contributed by atoms with Crippen LogP contribution in [0.2, 0.25) is 0 Å². The van der Waals surface area contributed by atoms with Gasteiger partial charge in [-0.05, 0) is 25.2 Å². The second kappa shape index (κ2) is 18.4. The molecule has 0 amide bonds. The Kier molecular flexibility index (Phi) is 17.0. The molecule has 0 aliphatic heterocycles. The first-order valence-corrected chi connectivity index (χ1v) is 14.3. The van der Waals surface area contributed by atoms with Gasteiger partial charge in [-0.25, -0.2) is 58.7 Å². The summed E-state index contributed by atoms with van der Waals surface area (Å²) in [7, 11) is -7.08. The van der Waals surface area contributed by atoms with Crippen molar-refractivity contribution in [3.8, 4) is 0 Å². The Morgan fingerprint density at radius 1 is 0.641 bits per heavy atom. The molecule has 0 heterocycles. The molecule has 4 aromatic carbocycles. The van der Waals surface area contributed by atoms with E-state index in [9.17, 15) is 34.4 Å². The average Bonchev–Trinajstić information content (AvgIpc) is 3.63. The van der Waals surface area contributed by atoms with Crippen molar-refractivity contribution in [2.45, 2.75) is 13.8 Å². The summed E-state index contributed by atoms with van der Waals surface area (Å²) in [6.07, 6.45) is 0. The first-order valence-electron chi connectivity index (χ1n) is 11.0. The van der Waals surface area contributed by atoms with E-state index in [0.717, 1.165) is 24.3 Å². The van der Waals surface area contributed by atoms with Crippen LogP contribution in [0.3, 0.4) is 0 Å². The van der Waals surface area contributed by atoms with Crippen LogP contribution < -0.4 is 9.44 Å². The summed E-state index contributed by atoms with van der Waals surface area (Å²) in [6.45, 7) is 2.82. The molecule has 0 atom stereocenters. The van der Waals surface area contributed by atoms with E-state index in [1.165, 1.54) is 13.8 Å². The van der Waals surface area contributed by atoms with Crippen LogP contribution >= 0.6 is 0 Å². The predicted octanol–water partition coefficient (Wildman–Crippen LogP) is 5.86. The number of halogens is 4. The minimum Gasteiger partial charge on any atom is -0.334 e. The summed E-state index contributed by atoms with van der Waals surface area (Å²) in [5, 5.41) is 0. The maximum Gasteiger partial charge on any atom is 4.00 e. The van der Waals surface area contributed by atoms with Gasteiger partial charge in [-0.2, -0.15) is 36.4 Å². The Morgan fingerprint density at radius 2 is 0.949 bits per heavy atom. The molecular weight excluding hydrogens is 592 g/mol. The first-order chi connectivity index (χ1) is 17.9. The summed E-state index contributed by atoms with van der Waals surface area (Å²) in [5.74, 6) is -4.21. The van der Waals surface area contributed by atoms with Gasteiger partial charge in [-0.15, -0.1) is 36.4 Å². The van der Waals surface area contributed by atoms with Gasteiger partial charge >= 0.3 is 21.7 Å². The number of anilines is 2. The molecule has 39 heavy (non-hydrogen) atoms. The van der Waals surface area contributed by atoms with Gasteiger partial charge in [-0.3, -0.25) is 0 Å². The predicted molar refractivity (Wildman–Crippen MR) is 141 cm³/mol. The third kappa shape index (κ3) is 15.9. The molecule has 13 heteroatoms. The van der Waals surface area contributed by atoms with Gasteiger partial charge in [0.1, 0.15) is 0 Å². The van der Waals surface area contributed by atoms with Crippen molar-refractivity contribution in [3.05, 3.63) is 120 Å². The zero-order valence-electron chi connectivity index (χ0n) is 21.0. The number of nitrogens with one attached hydrogen (secondary N) is 2. The van der Waals surface area contributed by atoms with Crippen LogP contribution in [0, 0.1) is 35.4 Å². The van der Waals surface area contributed by atoms with Crippen molar-refractivity contribution in [1.82, 2.24) is 0 Å². The van der Waals surface area contributed by atoms with Gasteiger partial charge in [0.25, 0.3) is 0 Å². The van der Waals surface area contributed by atoms with Gasteiger partial charge in [0.15, 0.2) is 0 Å². The first kappa shape index (κ1) is 36.1. The Labute approximate surface area is 241 Å². The topological polar surface area (TPSA) is 92.3 Å². The molecule has 0 spiro atoms. The van der Waals surface area contributed by atoms with Crippen molar-refractivity contribution in [2.75, 3.05) is 20.9 Å². The van der Waals surface area contributed by atoms with E-state index < -0.39 is 43.3 Å². The summed E-state index contributed by atoms with van der Waals surface area (Å²) in [6, 6.07) is 27.3. The van der Waals surface area contributed by atoms with E-state index in [1.807, 2.05) is 70.1 Å². The fraction of sp³-hybridized carbons (Fsp3) is 0.154. The molecule has 0 radical (unpaired) electrons. The van der Waals surface area contributed by atoms with E-state index in [2.05, 4.69) is 0 Å². The smallest absolute Gasteiger partial charge is 0.334 e. The summed E-state index contributed by atoms with van der Waals surface area (Å²) >= 11 is 0. The van der Waals surface area contributed by atoms with Crippen LogP contribution in [0.4, 0.5) is 28.9 Å². The standard InChI is InChI=1S/2C8H8F2NO2S.2C5H5.Ti/c2*1-2-14(12,13)11-8-4-3-6(9)5-7(8)10;2*1-2-4-5-3-1;/h2*3-4,11H,2H2,1H3;2*1-5H;/q4*-1;+4. The molecular formula is C26H26F4N2O4S2Ti. The normalized spacial score (nSPS) is 10.2. The van der Waals surface area contributed by atoms with Gasteiger partial charge in [0, 0.05) is 23.3 Å². The molecule has 0 fully saturated rings. The molecule has 0 saturated carbocycles. The molecule has 0 aliphatic carbocycles. The monoisotopic (exact) mass is 618 g/mol. The average molecular weight is 618 g/mol. The van der Waals surface area contributed by atoms with E-state index in [0.29, 0.717) is 0 Å². The third-order valence-electron chi connectivity index (χ3n) is 4.13. The number of sulfonamides is 2. The van der Waals surface area contributed by atoms with E-state index in [4.69, 9.17) is 0 Å². The molecule has 2 N–H and O–H groups in total. The third-order valence-corrected chi connectivity index (χ3v) is 6.71. The van der Waals surface area contributed by atoms with Crippen LogP contribution in [0.1, 0.15) is 13.8 Å². The molecule has 4 aromatic rings. The summed E-state index contributed by atoms with van der Waals surface area (Å²) in [5.41, 5.74) is -0.596. The number of benzene rings is 2. The maximum absolute atomic E-state index is 12.9. The van der Waals surface area contributed by atoms with Gasteiger partial charge in [0.05, 0.1) is 11.5 Å². The molecule has 0 bridgehead atoms. The number of rotatable bonds is 6. The maximum atomic E-state index is 12.9. The zero-order chi connectivity index (χ0) is 28.6. The van der Waals surface area contributed by atoms with Crippen molar-refractivity contribution in [2.24, 2.45) is 0 Å².